The molecule has 1 amide bonds. The number of alkyl halides is 3. The summed E-state index contributed by atoms with van der Waals surface area (Å²) in [6.07, 6.45) is 1.77. The van der Waals surface area contributed by atoms with E-state index in [0.717, 1.165) is 17.7 Å². The van der Waals surface area contributed by atoms with E-state index in [2.05, 4.69) is 0 Å². The van der Waals surface area contributed by atoms with Crippen LogP contribution in [0.25, 0.3) is 5.57 Å². The molecule has 1 aliphatic heterocycles. The molecular formula is C23H16F3NO2Se. The van der Waals surface area contributed by atoms with E-state index in [9.17, 15) is 22.8 Å². The molecule has 2 aliphatic rings. The molecule has 152 valence electrons. The van der Waals surface area contributed by atoms with Crippen molar-refractivity contribution in [2.75, 3.05) is 7.05 Å². The monoisotopic (exact) mass is 475 g/mol. The van der Waals surface area contributed by atoms with Gasteiger partial charge in [-0.05, 0) is 0 Å². The Balaban J connectivity index is 1.88. The number of hydrogen-bond acceptors (Lipinski definition) is 2. The number of allylic oxidation sites excluding steroid dienone is 2. The van der Waals surface area contributed by atoms with Gasteiger partial charge in [0.15, 0.2) is 0 Å². The maximum atomic E-state index is 13.2. The van der Waals surface area contributed by atoms with E-state index in [4.69, 9.17) is 0 Å². The standard InChI is InChI=1S/C23H16F3NO2Se/c1-27-21(29)20(30-18-9-5-8-16(14-18)23(24,25)26)19(15-6-3-2-4-7-15)22(27)12-10-17(28)11-13-22/h2-14H,1H3. The number of benzene rings is 2. The number of carbonyl (C=O) groups is 2. The third-order valence-corrected chi connectivity index (χ3v) is 7.38. The van der Waals surface area contributed by atoms with E-state index in [1.165, 1.54) is 18.2 Å². The fourth-order valence-corrected chi connectivity index (χ4v) is 6.08. The quantitative estimate of drug-likeness (QED) is 0.641. The Morgan fingerprint density at radius 1 is 0.933 bits per heavy atom. The third kappa shape index (κ3) is 3.44. The van der Waals surface area contributed by atoms with Crippen molar-refractivity contribution in [2.24, 2.45) is 0 Å². The molecule has 0 unspecified atom stereocenters. The molecular weight excluding hydrogens is 458 g/mol. The van der Waals surface area contributed by atoms with Gasteiger partial charge >= 0.3 is 178 Å². The molecule has 0 N–H and O–H groups in total. The number of rotatable bonds is 3. The number of nitrogens with zero attached hydrogens (tertiary/aromatic N) is 1. The number of ketones is 1. The summed E-state index contributed by atoms with van der Waals surface area (Å²) in [5, 5.41) is 0. The molecule has 0 atom stereocenters. The summed E-state index contributed by atoms with van der Waals surface area (Å²) in [6, 6.07) is 14.4. The van der Waals surface area contributed by atoms with Gasteiger partial charge in [-0.25, -0.2) is 0 Å². The first kappa shape index (κ1) is 20.4. The summed E-state index contributed by atoms with van der Waals surface area (Å²) in [7, 11) is 1.64. The Morgan fingerprint density at radius 2 is 1.60 bits per heavy atom. The molecule has 1 spiro atoms. The normalized spacial score (nSPS) is 18.1. The number of carbonyl (C=O) groups excluding carboxylic acids is 2. The number of hydrogen-bond donors (Lipinski definition) is 0. The van der Waals surface area contributed by atoms with Crippen molar-refractivity contribution < 1.29 is 22.8 Å². The van der Waals surface area contributed by atoms with Gasteiger partial charge in [-0.2, -0.15) is 0 Å². The fourth-order valence-electron chi connectivity index (χ4n) is 3.61. The van der Waals surface area contributed by atoms with Crippen LogP contribution in [0.4, 0.5) is 13.2 Å². The first-order valence-electron chi connectivity index (χ1n) is 9.08. The number of likely N-dealkylation sites (N-methyl/N-ethyl adjacent to an activating group) is 1. The van der Waals surface area contributed by atoms with Crippen molar-refractivity contribution in [3.05, 3.63) is 94.5 Å². The van der Waals surface area contributed by atoms with Crippen LogP contribution in [0.1, 0.15) is 11.1 Å². The summed E-state index contributed by atoms with van der Waals surface area (Å²) in [5.41, 5.74) is -0.179. The van der Waals surface area contributed by atoms with Crippen LogP contribution >= 0.6 is 0 Å². The molecule has 0 saturated carbocycles. The van der Waals surface area contributed by atoms with Gasteiger partial charge in [-0.1, -0.05) is 0 Å². The van der Waals surface area contributed by atoms with Crippen LogP contribution in [-0.2, 0) is 15.8 Å². The van der Waals surface area contributed by atoms with Gasteiger partial charge in [0.1, 0.15) is 0 Å². The molecule has 7 heteroatoms. The molecule has 0 bridgehead atoms. The van der Waals surface area contributed by atoms with E-state index < -0.39 is 32.2 Å². The van der Waals surface area contributed by atoms with E-state index in [-0.39, 0.29) is 11.7 Å². The van der Waals surface area contributed by atoms with Gasteiger partial charge in [0.05, 0.1) is 0 Å². The van der Waals surface area contributed by atoms with Crippen LogP contribution in [-0.4, -0.2) is 44.1 Å². The molecule has 0 aromatic heterocycles. The van der Waals surface area contributed by atoms with Crippen LogP contribution in [0.3, 0.4) is 0 Å². The molecule has 2 aromatic carbocycles. The van der Waals surface area contributed by atoms with Crippen LogP contribution in [0.5, 0.6) is 0 Å². The van der Waals surface area contributed by atoms with Crippen molar-refractivity contribution in [1.29, 1.82) is 0 Å². The summed E-state index contributed by atoms with van der Waals surface area (Å²) in [5.74, 6) is -0.430. The minimum absolute atomic E-state index is 0.175. The van der Waals surface area contributed by atoms with Gasteiger partial charge in [0, 0.05) is 0 Å². The van der Waals surface area contributed by atoms with E-state index in [1.807, 2.05) is 30.3 Å². The van der Waals surface area contributed by atoms with Gasteiger partial charge < -0.3 is 0 Å². The Kier molecular flexibility index (Phi) is 5.04. The molecule has 1 heterocycles. The summed E-state index contributed by atoms with van der Waals surface area (Å²) >= 11 is -0.662. The zero-order valence-electron chi connectivity index (χ0n) is 15.8. The Hall–Kier alpha value is -2.89. The zero-order chi connectivity index (χ0) is 21.5. The summed E-state index contributed by atoms with van der Waals surface area (Å²) < 4.78 is 40.4. The van der Waals surface area contributed by atoms with Crippen LogP contribution in [0.15, 0.2) is 83.4 Å². The van der Waals surface area contributed by atoms with Crippen LogP contribution in [0, 0.1) is 0 Å². The Labute approximate surface area is 177 Å². The Bertz CT molecular complexity index is 1100. The predicted molar refractivity (Wildman–Crippen MR) is 109 cm³/mol. The SMILES string of the molecule is CN1C(=O)C([Se]c2cccc(C(F)(F)F)c2)=C(c2ccccc2)C12C=CC(=O)C=C2. The third-order valence-electron chi connectivity index (χ3n) is 5.13. The van der Waals surface area contributed by atoms with Crippen molar-refractivity contribution >= 4 is 36.7 Å². The van der Waals surface area contributed by atoms with Crippen molar-refractivity contribution in [1.82, 2.24) is 4.90 Å². The Morgan fingerprint density at radius 3 is 2.23 bits per heavy atom. The maximum absolute atomic E-state index is 13.2. The molecule has 0 fully saturated rings. The first-order valence-corrected chi connectivity index (χ1v) is 10.8. The average Bonchev–Trinajstić information content (AvgIpc) is 2.92. The van der Waals surface area contributed by atoms with Crippen molar-refractivity contribution in [2.45, 2.75) is 11.7 Å². The van der Waals surface area contributed by atoms with E-state index in [0.29, 0.717) is 14.5 Å². The molecule has 4 rings (SSSR count). The van der Waals surface area contributed by atoms with E-state index in [1.54, 1.807) is 30.2 Å². The second kappa shape index (κ2) is 7.42. The molecule has 30 heavy (non-hydrogen) atoms. The van der Waals surface area contributed by atoms with Gasteiger partial charge in [-0.15, -0.1) is 0 Å². The fraction of sp³-hybridized carbons (Fsp3) is 0.130. The molecule has 0 saturated heterocycles. The number of halogens is 3. The summed E-state index contributed by atoms with van der Waals surface area (Å²) in [6.45, 7) is 0. The van der Waals surface area contributed by atoms with Crippen molar-refractivity contribution in [3.8, 4) is 0 Å². The van der Waals surface area contributed by atoms with Crippen molar-refractivity contribution in [3.63, 3.8) is 0 Å². The average molecular weight is 474 g/mol. The van der Waals surface area contributed by atoms with Gasteiger partial charge in [0.2, 0.25) is 0 Å². The molecule has 2 aromatic rings. The number of amides is 1. The zero-order valence-corrected chi connectivity index (χ0v) is 17.5. The molecule has 3 nitrogen and oxygen atoms in total. The summed E-state index contributed by atoms with van der Waals surface area (Å²) in [4.78, 5) is 26.5. The van der Waals surface area contributed by atoms with E-state index >= 15 is 0 Å². The molecule has 1 aliphatic carbocycles. The van der Waals surface area contributed by atoms with Crippen LogP contribution < -0.4 is 4.46 Å². The predicted octanol–water partition coefficient (Wildman–Crippen LogP) is 3.35. The second-order valence-corrected chi connectivity index (χ2v) is 9.23. The molecule has 0 radical (unpaired) electrons. The second-order valence-electron chi connectivity index (χ2n) is 6.96. The van der Waals surface area contributed by atoms with Gasteiger partial charge in [-0.3, -0.25) is 0 Å². The first-order chi connectivity index (χ1) is 14.2. The van der Waals surface area contributed by atoms with Gasteiger partial charge in [0.25, 0.3) is 0 Å². The van der Waals surface area contributed by atoms with Crippen LogP contribution in [0.2, 0.25) is 0 Å². The topological polar surface area (TPSA) is 37.4 Å². The minimum atomic E-state index is -4.45.